The number of esters is 1. The van der Waals surface area contributed by atoms with Crippen molar-refractivity contribution in [2.24, 2.45) is 11.7 Å². The van der Waals surface area contributed by atoms with Gasteiger partial charge in [-0.25, -0.2) is 0 Å². The number of hydrogen-bond acceptors (Lipinski definition) is 5. The van der Waals surface area contributed by atoms with Gasteiger partial charge in [-0.15, -0.1) is 0 Å². The monoisotopic (exact) mass is 286 g/mol. The predicted octanol–water partition coefficient (Wildman–Crippen LogP) is 1.41. The van der Waals surface area contributed by atoms with Crippen LogP contribution in [-0.2, 0) is 14.3 Å². The summed E-state index contributed by atoms with van der Waals surface area (Å²) in [6, 6.07) is 0. The molecular formula is C15H30N2O3. The van der Waals surface area contributed by atoms with Crippen molar-refractivity contribution in [1.29, 1.82) is 0 Å². The lowest BCUT2D eigenvalue weighted by molar-refractivity contribution is -0.146. The number of nitrogens with two attached hydrogens (primary N) is 1. The van der Waals surface area contributed by atoms with Crippen molar-refractivity contribution >= 4 is 5.97 Å². The van der Waals surface area contributed by atoms with Crippen molar-refractivity contribution in [1.82, 2.24) is 4.90 Å². The van der Waals surface area contributed by atoms with Crippen LogP contribution in [0.1, 0.15) is 39.0 Å². The molecule has 0 spiro atoms. The molecule has 0 aliphatic carbocycles. The van der Waals surface area contributed by atoms with Crippen LogP contribution in [-0.4, -0.2) is 56.9 Å². The molecule has 118 valence electrons. The molecule has 1 aliphatic heterocycles. The van der Waals surface area contributed by atoms with E-state index in [4.69, 9.17) is 15.2 Å². The van der Waals surface area contributed by atoms with Crippen LogP contribution < -0.4 is 5.73 Å². The van der Waals surface area contributed by atoms with Crippen LogP contribution in [0.15, 0.2) is 0 Å². The van der Waals surface area contributed by atoms with Crippen LogP contribution >= 0.6 is 0 Å². The Hall–Kier alpha value is -0.650. The van der Waals surface area contributed by atoms with E-state index in [1.54, 1.807) is 6.92 Å². The number of unbranched alkanes of at least 4 members (excludes halogenated alkanes) is 1. The zero-order valence-corrected chi connectivity index (χ0v) is 13.2. The average molecular weight is 286 g/mol. The van der Waals surface area contributed by atoms with Crippen LogP contribution in [0.5, 0.6) is 0 Å². The van der Waals surface area contributed by atoms with E-state index in [1.165, 1.54) is 20.0 Å². The Kier molecular flexibility index (Phi) is 7.48. The van der Waals surface area contributed by atoms with E-state index in [-0.39, 0.29) is 5.97 Å². The zero-order valence-electron chi connectivity index (χ0n) is 13.2. The van der Waals surface area contributed by atoms with Gasteiger partial charge in [-0.05, 0) is 58.5 Å². The number of methoxy groups -OCH3 is 1. The van der Waals surface area contributed by atoms with Crippen molar-refractivity contribution in [2.75, 3.05) is 40.5 Å². The Labute approximate surface area is 122 Å². The minimum absolute atomic E-state index is 0.326. The Morgan fingerprint density at radius 3 is 2.65 bits per heavy atom. The maximum Gasteiger partial charge on any atom is 0.325 e. The van der Waals surface area contributed by atoms with Crippen LogP contribution in [0, 0.1) is 5.92 Å². The van der Waals surface area contributed by atoms with Crippen LogP contribution in [0.4, 0.5) is 0 Å². The molecule has 1 atom stereocenters. The summed E-state index contributed by atoms with van der Waals surface area (Å²) in [5, 5.41) is 0. The SMILES string of the molecule is COC(=O)C(C)(N)CCCCN(C)CC1CCOCC1. The summed E-state index contributed by atoms with van der Waals surface area (Å²) >= 11 is 0. The highest BCUT2D eigenvalue weighted by Crippen LogP contribution is 2.16. The smallest absolute Gasteiger partial charge is 0.325 e. The Morgan fingerprint density at radius 2 is 2.05 bits per heavy atom. The maximum absolute atomic E-state index is 11.5. The third-order valence-corrected chi connectivity index (χ3v) is 4.05. The summed E-state index contributed by atoms with van der Waals surface area (Å²) in [7, 11) is 3.55. The van der Waals surface area contributed by atoms with Gasteiger partial charge in [0.1, 0.15) is 5.54 Å². The second-order valence-corrected chi connectivity index (χ2v) is 6.18. The van der Waals surface area contributed by atoms with Gasteiger partial charge in [-0.1, -0.05) is 0 Å². The first kappa shape index (κ1) is 17.4. The van der Waals surface area contributed by atoms with Gasteiger partial charge >= 0.3 is 5.97 Å². The molecule has 1 unspecified atom stereocenters. The Morgan fingerprint density at radius 1 is 1.40 bits per heavy atom. The molecule has 1 aliphatic rings. The van der Waals surface area contributed by atoms with Crippen molar-refractivity contribution in [3.05, 3.63) is 0 Å². The van der Waals surface area contributed by atoms with Crippen LogP contribution in [0.3, 0.4) is 0 Å². The lowest BCUT2D eigenvalue weighted by Crippen LogP contribution is -2.45. The largest absolute Gasteiger partial charge is 0.468 e. The maximum atomic E-state index is 11.5. The summed E-state index contributed by atoms with van der Waals surface area (Å²) in [5.74, 6) is 0.441. The Balaban J connectivity index is 2.12. The molecule has 0 radical (unpaired) electrons. The zero-order chi connectivity index (χ0) is 15.0. The number of hydrogen-bond donors (Lipinski definition) is 1. The summed E-state index contributed by atoms with van der Waals surface area (Å²) in [5.41, 5.74) is 5.08. The van der Waals surface area contributed by atoms with Crippen molar-refractivity contribution < 1.29 is 14.3 Å². The van der Waals surface area contributed by atoms with Gasteiger partial charge in [0, 0.05) is 19.8 Å². The molecule has 0 aromatic carbocycles. The number of carbonyl (C=O) groups excluding carboxylic acids is 1. The minimum Gasteiger partial charge on any atom is -0.468 e. The molecule has 0 amide bonds. The summed E-state index contributed by atoms with van der Waals surface area (Å²) in [6.45, 7) is 5.74. The quantitative estimate of drug-likeness (QED) is 0.540. The molecule has 0 aromatic heterocycles. The normalized spacial score (nSPS) is 19.9. The highest BCUT2D eigenvalue weighted by atomic mass is 16.5. The van der Waals surface area contributed by atoms with Crippen LogP contribution in [0.25, 0.3) is 0 Å². The second kappa shape index (κ2) is 8.60. The van der Waals surface area contributed by atoms with E-state index >= 15 is 0 Å². The number of rotatable bonds is 8. The van der Waals surface area contributed by atoms with Gasteiger partial charge in [0.2, 0.25) is 0 Å². The third-order valence-electron chi connectivity index (χ3n) is 4.05. The standard InChI is InChI=1S/C15H30N2O3/c1-15(16,14(18)19-3)8-4-5-9-17(2)12-13-6-10-20-11-7-13/h13H,4-12,16H2,1-3H3. The first-order chi connectivity index (χ1) is 9.45. The van der Waals surface area contributed by atoms with Gasteiger partial charge < -0.3 is 20.1 Å². The van der Waals surface area contributed by atoms with Crippen molar-refractivity contribution in [3.8, 4) is 0 Å². The second-order valence-electron chi connectivity index (χ2n) is 6.18. The van der Waals surface area contributed by atoms with E-state index in [0.29, 0.717) is 6.42 Å². The van der Waals surface area contributed by atoms with Crippen LogP contribution in [0.2, 0.25) is 0 Å². The number of carbonyl (C=O) groups is 1. The lowest BCUT2D eigenvalue weighted by Gasteiger charge is -2.27. The molecule has 1 fully saturated rings. The van der Waals surface area contributed by atoms with E-state index < -0.39 is 5.54 Å². The van der Waals surface area contributed by atoms with E-state index in [9.17, 15) is 4.79 Å². The van der Waals surface area contributed by atoms with Gasteiger partial charge in [-0.2, -0.15) is 0 Å². The fraction of sp³-hybridized carbons (Fsp3) is 0.933. The molecule has 5 nitrogen and oxygen atoms in total. The highest BCUT2D eigenvalue weighted by Gasteiger charge is 2.28. The summed E-state index contributed by atoms with van der Waals surface area (Å²) < 4.78 is 10.1. The molecule has 0 saturated carbocycles. The fourth-order valence-electron chi connectivity index (χ4n) is 2.67. The lowest BCUT2D eigenvalue weighted by atomic mass is 9.96. The summed E-state index contributed by atoms with van der Waals surface area (Å²) in [6.07, 6.45) is 5.02. The van der Waals surface area contributed by atoms with Crippen molar-refractivity contribution in [3.63, 3.8) is 0 Å². The first-order valence-electron chi connectivity index (χ1n) is 7.59. The first-order valence-corrected chi connectivity index (χ1v) is 7.59. The average Bonchev–Trinajstić information content (AvgIpc) is 2.43. The predicted molar refractivity (Wildman–Crippen MR) is 79.5 cm³/mol. The van der Waals surface area contributed by atoms with Crippen molar-refractivity contribution in [2.45, 2.75) is 44.6 Å². The molecule has 2 N–H and O–H groups in total. The fourth-order valence-corrected chi connectivity index (χ4v) is 2.67. The molecule has 1 heterocycles. The third kappa shape index (κ3) is 6.20. The Bertz CT molecular complexity index is 289. The highest BCUT2D eigenvalue weighted by molar-refractivity contribution is 5.79. The molecule has 20 heavy (non-hydrogen) atoms. The molecule has 5 heteroatoms. The molecule has 0 bridgehead atoms. The van der Waals surface area contributed by atoms with E-state index in [1.807, 2.05) is 0 Å². The number of nitrogens with zero attached hydrogens (tertiary/aromatic N) is 1. The molecule has 0 aromatic rings. The topological polar surface area (TPSA) is 64.8 Å². The molecule has 1 saturated heterocycles. The van der Waals surface area contributed by atoms with Gasteiger partial charge in [0.25, 0.3) is 0 Å². The van der Waals surface area contributed by atoms with Gasteiger partial charge in [-0.3, -0.25) is 4.79 Å². The minimum atomic E-state index is -0.853. The summed E-state index contributed by atoms with van der Waals surface area (Å²) in [4.78, 5) is 13.8. The van der Waals surface area contributed by atoms with E-state index in [0.717, 1.165) is 45.1 Å². The molecule has 1 rings (SSSR count). The van der Waals surface area contributed by atoms with Gasteiger partial charge in [0.15, 0.2) is 0 Å². The van der Waals surface area contributed by atoms with Gasteiger partial charge in [0.05, 0.1) is 7.11 Å². The number of ether oxygens (including phenoxy) is 2. The molecular weight excluding hydrogens is 256 g/mol. The van der Waals surface area contributed by atoms with E-state index in [2.05, 4.69) is 11.9 Å².